The summed E-state index contributed by atoms with van der Waals surface area (Å²) in [6.07, 6.45) is 3.75. The highest BCUT2D eigenvalue weighted by molar-refractivity contribution is 7.08. The number of nitrogens with zero attached hydrogens (tertiary/aromatic N) is 2. The molecule has 1 amide bonds. The van der Waals surface area contributed by atoms with Gasteiger partial charge in [0.1, 0.15) is 12.0 Å². The summed E-state index contributed by atoms with van der Waals surface area (Å²) in [6.45, 7) is 3.08. The third-order valence-electron chi connectivity index (χ3n) is 5.24. The molecular formula is C22H28N4O6S. The number of hydrogen-bond donors (Lipinski definition) is 3. The minimum atomic E-state index is -0.584. The fraction of sp³-hybridized carbons (Fsp3) is 0.455. The average molecular weight is 477 g/mol. The van der Waals surface area contributed by atoms with Gasteiger partial charge < -0.3 is 25.2 Å². The molecule has 3 heterocycles. The number of ether oxygens (including phenoxy) is 2. The maximum atomic E-state index is 12.8. The van der Waals surface area contributed by atoms with Crippen LogP contribution in [0.3, 0.4) is 0 Å². The summed E-state index contributed by atoms with van der Waals surface area (Å²) in [5.41, 5.74) is 1.00. The Kier molecular flexibility index (Phi) is 9.16. The Morgan fingerprint density at radius 2 is 2.21 bits per heavy atom. The van der Waals surface area contributed by atoms with E-state index in [9.17, 15) is 20.0 Å². The monoisotopic (exact) mass is 476 g/mol. The normalized spacial score (nSPS) is 19.9. The lowest BCUT2D eigenvalue weighted by atomic mass is 9.81. The Morgan fingerprint density at radius 1 is 1.36 bits per heavy atom. The van der Waals surface area contributed by atoms with Crippen LogP contribution in [-0.4, -0.2) is 53.5 Å². The van der Waals surface area contributed by atoms with Gasteiger partial charge in [0.15, 0.2) is 5.76 Å². The molecule has 3 rings (SSSR count). The topological polar surface area (TPSA) is 136 Å². The van der Waals surface area contributed by atoms with Gasteiger partial charge in [-0.25, -0.2) is 4.98 Å². The summed E-state index contributed by atoms with van der Waals surface area (Å²) in [5, 5.41) is 29.9. The van der Waals surface area contributed by atoms with Crippen molar-refractivity contribution in [3.05, 3.63) is 62.7 Å². The summed E-state index contributed by atoms with van der Waals surface area (Å²) >= 11 is 1.59. The van der Waals surface area contributed by atoms with E-state index >= 15 is 0 Å². The van der Waals surface area contributed by atoms with Crippen LogP contribution in [0.5, 0.6) is 0 Å². The number of nitro groups is 1. The molecule has 0 saturated carbocycles. The molecule has 1 aliphatic heterocycles. The van der Waals surface area contributed by atoms with E-state index in [1.807, 2.05) is 24.4 Å². The van der Waals surface area contributed by atoms with E-state index in [2.05, 4.69) is 21.0 Å². The summed E-state index contributed by atoms with van der Waals surface area (Å²) < 4.78 is 11.8. The zero-order valence-corrected chi connectivity index (χ0v) is 19.1. The Bertz CT molecular complexity index is 935. The van der Waals surface area contributed by atoms with Gasteiger partial charge in [0.25, 0.3) is 11.6 Å². The van der Waals surface area contributed by atoms with E-state index in [4.69, 9.17) is 9.47 Å². The maximum Gasteiger partial charge on any atom is 0.287 e. The summed E-state index contributed by atoms with van der Waals surface area (Å²) in [4.78, 5) is 27.0. The third-order valence-corrected chi connectivity index (χ3v) is 5.94. The molecule has 0 fully saturated rings. The maximum absolute atomic E-state index is 12.8. The molecule has 0 radical (unpaired) electrons. The van der Waals surface area contributed by atoms with E-state index in [0.29, 0.717) is 38.4 Å². The van der Waals surface area contributed by atoms with Gasteiger partial charge in [-0.15, -0.1) is 0 Å². The molecule has 11 heteroatoms. The predicted molar refractivity (Wildman–Crippen MR) is 124 cm³/mol. The van der Waals surface area contributed by atoms with Crippen molar-refractivity contribution in [1.82, 2.24) is 10.3 Å². The van der Waals surface area contributed by atoms with Gasteiger partial charge in [0, 0.05) is 44.2 Å². The Labute approximate surface area is 195 Å². The van der Waals surface area contributed by atoms with Gasteiger partial charge in [-0.05, 0) is 54.3 Å². The number of aliphatic hydroxyl groups is 1. The second kappa shape index (κ2) is 12.3. The van der Waals surface area contributed by atoms with Crippen LogP contribution in [-0.2, 0) is 14.3 Å². The molecule has 1 aliphatic rings. The highest BCUT2D eigenvalue weighted by Crippen LogP contribution is 2.40. The lowest BCUT2D eigenvalue weighted by Crippen LogP contribution is -2.39. The Morgan fingerprint density at radius 3 is 2.85 bits per heavy atom. The van der Waals surface area contributed by atoms with Crippen molar-refractivity contribution in [2.75, 3.05) is 31.6 Å². The van der Waals surface area contributed by atoms with Crippen LogP contribution in [0.4, 0.5) is 11.5 Å². The zero-order valence-electron chi connectivity index (χ0n) is 18.3. The van der Waals surface area contributed by atoms with E-state index < -0.39 is 11.2 Å². The van der Waals surface area contributed by atoms with Crippen molar-refractivity contribution in [3.63, 3.8) is 0 Å². The number of carbonyl (C=O) groups excluding carboxylic acids is 1. The molecule has 0 bridgehead atoms. The van der Waals surface area contributed by atoms with Crippen molar-refractivity contribution in [2.45, 2.75) is 32.0 Å². The van der Waals surface area contributed by atoms with Crippen LogP contribution in [0, 0.1) is 16.0 Å². The zero-order chi connectivity index (χ0) is 23.6. The second-order valence-electron chi connectivity index (χ2n) is 7.43. The van der Waals surface area contributed by atoms with Gasteiger partial charge in [0.05, 0.1) is 4.92 Å². The van der Waals surface area contributed by atoms with Crippen molar-refractivity contribution in [1.29, 1.82) is 0 Å². The van der Waals surface area contributed by atoms with Crippen LogP contribution in [0.15, 0.2) is 47.0 Å². The average Bonchev–Trinajstić information content (AvgIpc) is 3.36. The molecule has 2 aromatic rings. The van der Waals surface area contributed by atoms with E-state index in [1.54, 1.807) is 11.3 Å². The molecule has 10 nitrogen and oxygen atoms in total. The number of aromatic nitrogens is 1. The first-order chi connectivity index (χ1) is 16.0. The van der Waals surface area contributed by atoms with Crippen molar-refractivity contribution >= 4 is 28.7 Å². The van der Waals surface area contributed by atoms with Crippen LogP contribution in [0.1, 0.15) is 31.2 Å². The smallest absolute Gasteiger partial charge is 0.287 e. The van der Waals surface area contributed by atoms with E-state index in [0.717, 1.165) is 5.56 Å². The molecule has 33 heavy (non-hydrogen) atoms. The molecule has 3 atom stereocenters. The van der Waals surface area contributed by atoms with Crippen molar-refractivity contribution < 1.29 is 24.3 Å². The number of hydrogen-bond acceptors (Lipinski definition) is 9. The van der Waals surface area contributed by atoms with Gasteiger partial charge in [-0.2, -0.15) is 11.3 Å². The first-order valence-electron chi connectivity index (χ1n) is 10.8. The molecule has 0 unspecified atom stereocenters. The molecule has 3 N–H and O–H groups in total. The molecule has 178 valence electrons. The lowest BCUT2D eigenvalue weighted by Gasteiger charge is -2.36. The number of anilines is 1. The highest BCUT2D eigenvalue weighted by atomic mass is 32.1. The number of allylic oxidation sites excluding steroid dienone is 1. The molecule has 0 aromatic carbocycles. The Hall–Kier alpha value is -3.02. The van der Waals surface area contributed by atoms with E-state index in [-0.39, 0.29) is 35.8 Å². The number of rotatable bonds is 12. The number of pyridine rings is 1. The lowest BCUT2D eigenvalue weighted by molar-refractivity contribution is -0.385. The number of aliphatic hydroxyl groups excluding tert-OH is 1. The first kappa shape index (κ1) is 24.6. The number of amides is 1. The van der Waals surface area contributed by atoms with Crippen molar-refractivity contribution in [2.24, 2.45) is 5.92 Å². The van der Waals surface area contributed by atoms with Gasteiger partial charge in [0.2, 0.25) is 6.29 Å². The minimum absolute atomic E-state index is 0.0156. The van der Waals surface area contributed by atoms with E-state index in [1.165, 1.54) is 18.3 Å². The highest BCUT2D eigenvalue weighted by Gasteiger charge is 2.37. The SMILES string of the molecule is CCO[C@@H]1OC(C(=O)NCCNc2ccc([N+](=O)[O-])cn2)=C[C@H](c2ccsc2)[C@H]1CCCO. The summed E-state index contributed by atoms with van der Waals surface area (Å²) in [6, 6.07) is 4.90. The molecular weight excluding hydrogens is 448 g/mol. The summed E-state index contributed by atoms with van der Waals surface area (Å²) in [7, 11) is 0. The minimum Gasteiger partial charge on any atom is -0.459 e. The third kappa shape index (κ3) is 6.73. The summed E-state index contributed by atoms with van der Waals surface area (Å²) in [5.74, 6) is 0.260. The van der Waals surface area contributed by atoms with Crippen molar-refractivity contribution in [3.8, 4) is 0 Å². The standard InChI is InChI=1S/C22H28N4O6S/c1-2-31-22-17(4-3-10-27)18(15-7-11-33-14-15)12-19(32-22)21(28)24-9-8-23-20-6-5-16(13-25-20)26(29)30/h5-7,11-14,17-18,22,27H,2-4,8-10H2,1H3,(H,23,25)(H,24,28)/t17-,18-,22-/m1/s1. The molecule has 2 aromatic heterocycles. The largest absolute Gasteiger partial charge is 0.459 e. The number of carbonyl (C=O) groups is 1. The quantitative estimate of drug-likeness (QED) is 0.242. The first-order valence-corrected chi connectivity index (χ1v) is 11.7. The van der Waals surface area contributed by atoms with Gasteiger partial charge >= 0.3 is 0 Å². The van der Waals surface area contributed by atoms with Crippen LogP contribution >= 0.6 is 11.3 Å². The molecule has 0 spiro atoms. The van der Waals surface area contributed by atoms with Crippen LogP contribution in [0.2, 0.25) is 0 Å². The fourth-order valence-corrected chi connectivity index (χ4v) is 4.37. The Balaban J connectivity index is 1.62. The number of nitrogens with one attached hydrogen (secondary N) is 2. The number of thiophene rings is 1. The second-order valence-corrected chi connectivity index (χ2v) is 8.21. The van der Waals surface area contributed by atoms with Gasteiger partial charge in [-0.1, -0.05) is 0 Å². The molecule has 0 saturated heterocycles. The van der Waals surface area contributed by atoms with Crippen LogP contribution < -0.4 is 10.6 Å². The fourth-order valence-electron chi connectivity index (χ4n) is 3.66. The van der Waals surface area contributed by atoms with Crippen LogP contribution in [0.25, 0.3) is 0 Å². The molecule has 0 aliphatic carbocycles. The van der Waals surface area contributed by atoms with Gasteiger partial charge in [-0.3, -0.25) is 14.9 Å². The predicted octanol–water partition coefficient (Wildman–Crippen LogP) is 3.03.